The normalized spacial score (nSPS) is 17.5. The molecule has 2 aromatic carbocycles. The van der Waals surface area contributed by atoms with E-state index in [2.05, 4.69) is 4.98 Å². The second kappa shape index (κ2) is 9.03. The summed E-state index contributed by atoms with van der Waals surface area (Å²) >= 11 is 6.29. The maximum atomic E-state index is 13.6. The average molecular weight is 467 g/mol. The van der Waals surface area contributed by atoms with E-state index in [1.165, 1.54) is 36.3 Å². The highest BCUT2D eigenvalue weighted by Gasteiger charge is 2.46. The minimum Gasteiger partial charge on any atom is -0.507 e. The van der Waals surface area contributed by atoms with Gasteiger partial charge in [0.25, 0.3) is 11.7 Å². The molecule has 1 saturated heterocycles. The fraction of sp³-hybridized carbons (Fsp3) is 0.160. The van der Waals surface area contributed by atoms with Gasteiger partial charge in [-0.1, -0.05) is 29.8 Å². The highest BCUT2D eigenvalue weighted by molar-refractivity contribution is 6.46. The number of pyridine rings is 1. The number of amides is 1. The van der Waals surface area contributed by atoms with Gasteiger partial charge in [-0.15, -0.1) is 0 Å². The molecule has 1 aliphatic heterocycles. The Balaban J connectivity index is 1.93. The molecule has 33 heavy (non-hydrogen) atoms. The van der Waals surface area contributed by atoms with Crippen LogP contribution in [0.5, 0.6) is 5.75 Å². The number of nitrogens with zero attached hydrogens (tertiary/aromatic N) is 2. The van der Waals surface area contributed by atoms with Gasteiger partial charge in [0.2, 0.25) is 0 Å². The zero-order valence-electron chi connectivity index (χ0n) is 17.9. The van der Waals surface area contributed by atoms with Crippen LogP contribution in [0.25, 0.3) is 5.76 Å². The molecule has 0 radical (unpaired) electrons. The third-order valence-electron chi connectivity index (χ3n) is 5.45. The summed E-state index contributed by atoms with van der Waals surface area (Å²) in [4.78, 5) is 31.6. The summed E-state index contributed by atoms with van der Waals surface area (Å²) in [6.07, 6.45) is 3.19. The molecule has 8 heteroatoms. The van der Waals surface area contributed by atoms with Crippen molar-refractivity contribution in [2.24, 2.45) is 0 Å². The van der Waals surface area contributed by atoms with E-state index in [-0.39, 0.29) is 28.5 Å². The number of Topliss-reactive ketones (excluding diaryl/α,β-unsaturated/α-hetero) is 1. The summed E-state index contributed by atoms with van der Waals surface area (Å²) < 4.78 is 19.0. The summed E-state index contributed by atoms with van der Waals surface area (Å²) in [5.41, 5.74) is 1.95. The van der Waals surface area contributed by atoms with Crippen LogP contribution in [-0.4, -0.2) is 33.8 Å². The zero-order chi connectivity index (χ0) is 23.7. The van der Waals surface area contributed by atoms with Gasteiger partial charge in [0.05, 0.1) is 29.3 Å². The Morgan fingerprint density at radius 1 is 1.21 bits per heavy atom. The van der Waals surface area contributed by atoms with E-state index in [0.717, 1.165) is 5.56 Å². The molecule has 0 aliphatic carbocycles. The van der Waals surface area contributed by atoms with E-state index in [1.54, 1.807) is 43.6 Å². The number of aliphatic hydroxyl groups excluding tert-OH is 1. The lowest BCUT2D eigenvalue weighted by Crippen LogP contribution is -2.29. The molecule has 1 aromatic heterocycles. The molecule has 6 nitrogen and oxygen atoms in total. The van der Waals surface area contributed by atoms with Crippen LogP contribution in [-0.2, 0) is 16.1 Å². The first kappa shape index (κ1) is 22.5. The standard InChI is InChI=1S/C25H20ClFN2O4/c1-14-10-18(24(33-2)19(26)11-14)22(30)20-21(16-5-7-17(27)8-6-16)29(25(32)23(20)31)13-15-4-3-9-28-12-15/h3-12,21,30H,13H2,1-2H3/b22-20+. The van der Waals surface area contributed by atoms with E-state index in [1.807, 2.05) is 0 Å². The van der Waals surface area contributed by atoms with Gasteiger partial charge in [-0.25, -0.2) is 4.39 Å². The number of aromatic nitrogens is 1. The largest absolute Gasteiger partial charge is 0.507 e. The summed E-state index contributed by atoms with van der Waals surface area (Å²) in [5, 5.41) is 11.5. The quantitative estimate of drug-likeness (QED) is 0.331. The van der Waals surface area contributed by atoms with Crippen molar-refractivity contribution in [3.05, 3.63) is 99.6 Å². The molecule has 4 rings (SSSR count). The average Bonchev–Trinajstić information content (AvgIpc) is 3.04. The fourth-order valence-electron chi connectivity index (χ4n) is 3.98. The van der Waals surface area contributed by atoms with Crippen molar-refractivity contribution < 1.29 is 23.8 Å². The van der Waals surface area contributed by atoms with E-state index >= 15 is 0 Å². The fourth-order valence-corrected chi connectivity index (χ4v) is 4.33. The molecule has 1 fully saturated rings. The van der Waals surface area contributed by atoms with Crippen molar-refractivity contribution in [2.45, 2.75) is 19.5 Å². The third-order valence-corrected chi connectivity index (χ3v) is 5.73. The monoisotopic (exact) mass is 466 g/mol. The van der Waals surface area contributed by atoms with Crippen molar-refractivity contribution in [1.82, 2.24) is 9.88 Å². The number of carbonyl (C=O) groups excluding carboxylic acids is 2. The van der Waals surface area contributed by atoms with Crippen molar-refractivity contribution in [3.63, 3.8) is 0 Å². The lowest BCUT2D eigenvalue weighted by atomic mass is 9.94. The predicted octanol–water partition coefficient (Wildman–Crippen LogP) is 4.81. The number of aryl methyl sites for hydroxylation is 1. The molecule has 1 N–H and O–H groups in total. The van der Waals surface area contributed by atoms with Gasteiger partial charge >= 0.3 is 0 Å². The molecule has 1 amide bonds. The first-order chi connectivity index (χ1) is 15.8. The maximum Gasteiger partial charge on any atom is 0.295 e. The van der Waals surface area contributed by atoms with Crippen molar-refractivity contribution in [2.75, 3.05) is 7.11 Å². The van der Waals surface area contributed by atoms with Crippen LogP contribution in [0.4, 0.5) is 4.39 Å². The Morgan fingerprint density at radius 2 is 1.94 bits per heavy atom. The summed E-state index contributed by atoms with van der Waals surface area (Å²) in [5.74, 6) is -2.34. The number of carbonyl (C=O) groups is 2. The van der Waals surface area contributed by atoms with Gasteiger partial charge in [-0.2, -0.15) is 0 Å². The number of methoxy groups -OCH3 is 1. The van der Waals surface area contributed by atoms with Crippen molar-refractivity contribution >= 4 is 29.1 Å². The second-order valence-corrected chi connectivity index (χ2v) is 8.07. The second-order valence-electron chi connectivity index (χ2n) is 7.67. The molecule has 1 atom stereocenters. The Kier molecular flexibility index (Phi) is 6.16. The Bertz CT molecular complexity index is 1260. The van der Waals surface area contributed by atoms with Gasteiger partial charge in [0, 0.05) is 18.9 Å². The van der Waals surface area contributed by atoms with Gasteiger partial charge in [0.1, 0.15) is 17.3 Å². The molecular weight excluding hydrogens is 447 g/mol. The number of likely N-dealkylation sites (tertiary alicyclic amines) is 1. The first-order valence-corrected chi connectivity index (χ1v) is 10.5. The SMILES string of the molecule is COc1c(Cl)cc(C)cc1/C(O)=C1\C(=O)C(=O)N(Cc2cccnc2)C1c1ccc(F)cc1. The third kappa shape index (κ3) is 4.19. The molecule has 1 aliphatic rings. The Labute approximate surface area is 194 Å². The lowest BCUT2D eigenvalue weighted by molar-refractivity contribution is -0.140. The van der Waals surface area contributed by atoms with Crippen molar-refractivity contribution in [1.29, 1.82) is 0 Å². The smallest absolute Gasteiger partial charge is 0.295 e. The van der Waals surface area contributed by atoms with Crippen LogP contribution < -0.4 is 4.74 Å². The van der Waals surface area contributed by atoms with E-state index < -0.39 is 29.3 Å². The molecule has 1 unspecified atom stereocenters. The number of halogens is 2. The molecule has 3 aromatic rings. The van der Waals surface area contributed by atoms with E-state index in [9.17, 15) is 19.1 Å². The number of aliphatic hydroxyl groups is 1. The van der Waals surface area contributed by atoms with Gasteiger partial charge in [-0.05, 0) is 53.9 Å². The van der Waals surface area contributed by atoms with Crippen LogP contribution in [0.2, 0.25) is 5.02 Å². The van der Waals surface area contributed by atoms with E-state index in [4.69, 9.17) is 16.3 Å². The molecular formula is C25H20ClFN2O4. The number of hydrogen-bond acceptors (Lipinski definition) is 5. The zero-order valence-corrected chi connectivity index (χ0v) is 18.6. The van der Waals surface area contributed by atoms with Crippen LogP contribution in [0.3, 0.4) is 0 Å². The van der Waals surface area contributed by atoms with Crippen LogP contribution in [0.15, 0.2) is 66.5 Å². The summed E-state index contributed by atoms with van der Waals surface area (Å²) in [6.45, 7) is 1.85. The minimum atomic E-state index is -0.949. The highest BCUT2D eigenvalue weighted by Crippen LogP contribution is 2.43. The molecule has 0 spiro atoms. The number of rotatable bonds is 5. The number of hydrogen-bond donors (Lipinski definition) is 1. The van der Waals surface area contributed by atoms with Crippen LogP contribution in [0.1, 0.15) is 28.3 Å². The molecule has 0 bridgehead atoms. The highest BCUT2D eigenvalue weighted by atomic mass is 35.5. The number of ether oxygens (including phenoxy) is 1. The maximum absolute atomic E-state index is 13.6. The topological polar surface area (TPSA) is 79.7 Å². The number of benzene rings is 2. The predicted molar refractivity (Wildman–Crippen MR) is 121 cm³/mol. The van der Waals surface area contributed by atoms with Crippen molar-refractivity contribution in [3.8, 4) is 5.75 Å². The molecule has 168 valence electrons. The van der Waals surface area contributed by atoms with Crippen LogP contribution in [0, 0.1) is 12.7 Å². The molecule has 0 saturated carbocycles. The minimum absolute atomic E-state index is 0.0724. The van der Waals surface area contributed by atoms with Gasteiger partial charge < -0.3 is 14.7 Å². The van der Waals surface area contributed by atoms with Gasteiger partial charge in [0.15, 0.2) is 0 Å². The number of ketones is 1. The molecule has 2 heterocycles. The summed E-state index contributed by atoms with van der Waals surface area (Å²) in [7, 11) is 1.39. The Hall–Kier alpha value is -3.71. The summed E-state index contributed by atoms with van der Waals surface area (Å²) in [6, 6.07) is 11.3. The first-order valence-electron chi connectivity index (χ1n) is 10.1. The lowest BCUT2D eigenvalue weighted by Gasteiger charge is -2.25. The van der Waals surface area contributed by atoms with E-state index in [0.29, 0.717) is 11.1 Å². The van der Waals surface area contributed by atoms with Gasteiger partial charge in [-0.3, -0.25) is 14.6 Å². The van der Waals surface area contributed by atoms with Crippen LogP contribution >= 0.6 is 11.6 Å². The Morgan fingerprint density at radius 3 is 2.58 bits per heavy atom.